The molecule has 78 valence electrons. The van der Waals surface area contributed by atoms with Crippen LogP contribution in [0.3, 0.4) is 0 Å². The largest absolute Gasteiger partial charge is 0.350 e. The summed E-state index contributed by atoms with van der Waals surface area (Å²) in [7, 11) is 0. The smallest absolute Gasteiger partial charge is 0.332 e. The van der Waals surface area contributed by atoms with Crippen LogP contribution < -0.4 is 11.2 Å². The van der Waals surface area contributed by atoms with E-state index >= 15 is 0 Å². The number of fused-ring (bicyclic) bond motifs is 1. The molecule has 0 aliphatic carbocycles. The Morgan fingerprint density at radius 2 is 2.60 bits per heavy atom. The number of nitrogens with two attached hydrogens (primary N) is 1. The number of hydrogen-bond acceptors (Lipinski definition) is 4. The fraction of sp³-hybridized carbons (Fsp3) is 0.125. The van der Waals surface area contributed by atoms with Gasteiger partial charge >= 0.3 is 6.03 Å². The lowest BCUT2D eigenvalue weighted by Crippen LogP contribution is -2.24. The molecular weight excluding hydrogens is 214 g/mol. The first kappa shape index (κ1) is 9.66. The zero-order valence-corrected chi connectivity index (χ0v) is 8.78. The van der Waals surface area contributed by atoms with Crippen LogP contribution >= 0.6 is 11.3 Å². The third kappa shape index (κ3) is 1.82. The minimum atomic E-state index is -0.685. The highest BCUT2D eigenvalue weighted by Gasteiger charge is 2.06. The fourth-order valence-corrected chi connectivity index (χ4v) is 1.99. The number of carbonyl (C=O) groups excluding carboxylic acids is 1. The standard InChI is InChI=1S/C8H9N5OS/c1-5-6(4-10-12-7(9)14)13-2-3-15-8(13)11-5/h2-4H,1H3,(H3,9,12,14). The van der Waals surface area contributed by atoms with Crippen molar-refractivity contribution in [3.05, 3.63) is 23.0 Å². The van der Waals surface area contributed by atoms with Gasteiger partial charge in [-0.05, 0) is 6.92 Å². The number of nitrogens with one attached hydrogen (secondary N) is 1. The number of thiazole rings is 1. The van der Waals surface area contributed by atoms with E-state index in [0.717, 1.165) is 16.3 Å². The van der Waals surface area contributed by atoms with Crippen LogP contribution in [0.4, 0.5) is 4.79 Å². The van der Waals surface area contributed by atoms with Gasteiger partial charge in [0.2, 0.25) is 0 Å². The first-order chi connectivity index (χ1) is 7.18. The molecule has 6 nitrogen and oxygen atoms in total. The normalized spacial score (nSPS) is 11.3. The number of urea groups is 1. The Morgan fingerprint density at radius 1 is 1.80 bits per heavy atom. The number of imidazole rings is 1. The Bertz CT molecular complexity index is 526. The number of aryl methyl sites for hydroxylation is 1. The minimum absolute atomic E-state index is 0.685. The summed E-state index contributed by atoms with van der Waals surface area (Å²) in [6.07, 6.45) is 3.42. The van der Waals surface area contributed by atoms with Crippen LogP contribution in [0.15, 0.2) is 16.7 Å². The Balaban J connectivity index is 2.33. The maximum Gasteiger partial charge on any atom is 0.332 e. The number of rotatable bonds is 2. The van der Waals surface area contributed by atoms with E-state index in [1.165, 1.54) is 6.21 Å². The monoisotopic (exact) mass is 223 g/mol. The number of aromatic nitrogens is 2. The summed E-state index contributed by atoms with van der Waals surface area (Å²) in [6.45, 7) is 1.88. The van der Waals surface area contributed by atoms with Crippen LogP contribution in [-0.4, -0.2) is 21.6 Å². The Labute approximate surface area is 89.4 Å². The van der Waals surface area contributed by atoms with Crippen LogP contribution in [-0.2, 0) is 0 Å². The van der Waals surface area contributed by atoms with Gasteiger partial charge in [-0.1, -0.05) is 0 Å². The lowest BCUT2D eigenvalue weighted by atomic mass is 10.4. The van der Waals surface area contributed by atoms with Gasteiger partial charge in [-0.25, -0.2) is 15.2 Å². The van der Waals surface area contributed by atoms with Crippen molar-refractivity contribution in [1.29, 1.82) is 0 Å². The third-order valence-corrected chi connectivity index (χ3v) is 2.60. The number of carbonyl (C=O) groups is 1. The molecule has 0 fully saturated rings. The van der Waals surface area contributed by atoms with Crippen LogP contribution in [0, 0.1) is 6.92 Å². The molecule has 0 unspecified atom stereocenters. The molecule has 2 heterocycles. The molecule has 0 atom stereocenters. The van der Waals surface area contributed by atoms with Crippen molar-refractivity contribution >= 4 is 28.5 Å². The summed E-state index contributed by atoms with van der Waals surface area (Å²) < 4.78 is 1.90. The van der Waals surface area contributed by atoms with Gasteiger partial charge in [0.1, 0.15) is 0 Å². The van der Waals surface area contributed by atoms with Gasteiger partial charge in [-0.15, -0.1) is 11.3 Å². The zero-order valence-electron chi connectivity index (χ0n) is 7.97. The van der Waals surface area contributed by atoms with Crippen LogP contribution in [0.2, 0.25) is 0 Å². The van der Waals surface area contributed by atoms with Gasteiger partial charge in [0.25, 0.3) is 0 Å². The summed E-state index contributed by atoms with van der Waals surface area (Å²) in [4.78, 5) is 15.6. The second-order valence-electron chi connectivity index (χ2n) is 2.87. The maximum atomic E-state index is 10.4. The fourth-order valence-electron chi connectivity index (χ4n) is 1.22. The molecule has 15 heavy (non-hydrogen) atoms. The molecule has 3 N–H and O–H groups in total. The van der Waals surface area contributed by atoms with Gasteiger partial charge in [-0.3, -0.25) is 4.40 Å². The number of hydrogen-bond donors (Lipinski definition) is 2. The molecule has 0 saturated carbocycles. The van der Waals surface area contributed by atoms with E-state index < -0.39 is 6.03 Å². The highest BCUT2D eigenvalue weighted by molar-refractivity contribution is 7.15. The summed E-state index contributed by atoms with van der Waals surface area (Å²) >= 11 is 1.54. The molecular formula is C8H9N5OS. The quantitative estimate of drug-likeness (QED) is 0.580. The molecule has 0 aliphatic heterocycles. The topological polar surface area (TPSA) is 84.8 Å². The first-order valence-electron chi connectivity index (χ1n) is 4.19. The van der Waals surface area contributed by atoms with Crippen LogP contribution in [0.5, 0.6) is 0 Å². The molecule has 2 amide bonds. The maximum absolute atomic E-state index is 10.4. The number of primary amides is 1. The van der Waals surface area contributed by atoms with Crippen LogP contribution in [0.1, 0.15) is 11.4 Å². The van der Waals surface area contributed by atoms with E-state index in [9.17, 15) is 4.79 Å². The van der Waals surface area contributed by atoms with Gasteiger partial charge in [0, 0.05) is 11.6 Å². The van der Waals surface area contributed by atoms with E-state index in [1.807, 2.05) is 22.9 Å². The van der Waals surface area contributed by atoms with Crippen molar-refractivity contribution in [2.45, 2.75) is 6.92 Å². The predicted molar refractivity (Wildman–Crippen MR) is 58.1 cm³/mol. The average molecular weight is 223 g/mol. The molecule has 0 spiro atoms. The Morgan fingerprint density at radius 3 is 3.33 bits per heavy atom. The lowest BCUT2D eigenvalue weighted by molar-refractivity contribution is 0.249. The molecule has 0 bridgehead atoms. The van der Waals surface area contributed by atoms with Gasteiger partial charge in [0.05, 0.1) is 17.6 Å². The van der Waals surface area contributed by atoms with Crippen molar-refractivity contribution in [2.75, 3.05) is 0 Å². The highest BCUT2D eigenvalue weighted by Crippen LogP contribution is 2.14. The van der Waals surface area contributed by atoms with Crippen LogP contribution in [0.25, 0.3) is 4.96 Å². The second-order valence-corrected chi connectivity index (χ2v) is 3.75. The average Bonchev–Trinajstić information content (AvgIpc) is 2.68. The van der Waals surface area contributed by atoms with Crippen molar-refractivity contribution < 1.29 is 4.79 Å². The van der Waals surface area contributed by atoms with E-state index in [1.54, 1.807) is 11.3 Å². The zero-order chi connectivity index (χ0) is 10.8. The number of amides is 2. The third-order valence-electron chi connectivity index (χ3n) is 1.84. The molecule has 2 rings (SSSR count). The molecule has 0 aromatic carbocycles. The van der Waals surface area contributed by atoms with Crippen molar-refractivity contribution in [3.8, 4) is 0 Å². The SMILES string of the molecule is Cc1nc2sccn2c1C=NNC(N)=O. The first-order valence-corrected chi connectivity index (χ1v) is 5.07. The lowest BCUT2D eigenvalue weighted by Gasteiger charge is -1.92. The van der Waals surface area contributed by atoms with Gasteiger partial charge in [-0.2, -0.15) is 5.10 Å². The van der Waals surface area contributed by atoms with E-state index in [-0.39, 0.29) is 0 Å². The van der Waals surface area contributed by atoms with Crippen molar-refractivity contribution in [2.24, 2.45) is 10.8 Å². The molecule has 0 radical (unpaired) electrons. The summed E-state index contributed by atoms with van der Waals surface area (Å²) in [5, 5.41) is 5.63. The summed E-state index contributed by atoms with van der Waals surface area (Å²) in [5.74, 6) is 0. The van der Waals surface area contributed by atoms with Crippen molar-refractivity contribution in [1.82, 2.24) is 14.8 Å². The van der Waals surface area contributed by atoms with E-state index in [2.05, 4.69) is 15.5 Å². The molecule has 2 aromatic rings. The predicted octanol–water partition coefficient (Wildman–Crippen LogP) is 0.706. The summed E-state index contributed by atoms with van der Waals surface area (Å²) in [6, 6.07) is -0.685. The molecule has 0 aliphatic rings. The number of hydrazone groups is 1. The molecule has 7 heteroatoms. The van der Waals surface area contributed by atoms with Gasteiger partial charge < -0.3 is 5.73 Å². The minimum Gasteiger partial charge on any atom is -0.350 e. The number of nitrogens with zero attached hydrogens (tertiary/aromatic N) is 3. The molecule has 0 saturated heterocycles. The Kier molecular flexibility index (Phi) is 2.38. The van der Waals surface area contributed by atoms with Gasteiger partial charge in [0.15, 0.2) is 4.96 Å². The van der Waals surface area contributed by atoms with Crippen molar-refractivity contribution in [3.63, 3.8) is 0 Å². The summed E-state index contributed by atoms with van der Waals surface area (Å²) in [5.41, 5.74) is 8.71. The molecule has 2 aromatic heterocycles. The second kappa shape index (κ2) is 3.70. The Hall–Kier alpha value is -1.89. The highest BCUT2D eigenvalue weighted by atomic mass is 32.1. The van der Waals surface area contributed by atoms with E-state index in [4.69, 9.17) is 5.73 Å². The van der Waals surface area contributed by atoms with E-state index in [0.29, 0.717) is 0 Å².